The van der Waals surface area contributed by atoms with Crippen molar-refractivity contribution in [2.45, 2.75) is 38.1 Å². The first kappa shape index (κ1) is 16.5. The Kier molecular flexibility index (Phi) is 5.14. The Morgan fingerprint density at radius 2 is 2.08 bits per heavy atom. The van der Waals surface area contributed by atoms with Crippen LogP contribution in [-0.2, 0) is 20.8 Å². The lowest BCUT2D eigenvalue weighted by Gasteiger charge is -2.11. The highest BCUT2D eigenvalue weighted by molar-refractivity contribution is 7.14. The molecule has 2 aliphatic rings. The predicted octanol–water partition coefficient (Wildman–Crippen LogP) is 1.47. The van der Waals surface area contributed by atoms with Crippen molar-refractivity contribution in [3.8, 4) is 0 Å². The Morgan fingerprint density at radius 1 is 1.29 bits per heavy atom. The van der Waals surface area contributed by atoms with Gasteiger partial charge >= 0.3 is 0 Å². The number of rotatable bonds is 5. The summed E-state index contributed by atoms with van der Waals surface area (Å²) in [6.45, 7) is 0. The third kappa shape index (κ3) is 4.14. The number of amides is 3. The van der Waals surface area contributed by atoms with Crippen LogP contribution < -0.4 is 10.6 Å². The van der Waals surface area contributed by atoms with Crippen LogP contribution in [0.25, 0.3) is 0 Å². The van der Waals surface area contributed by atoms with E-state index in [0.717, 1.165) is 25.7 Å². The van der Waals surface area contributed by atoms with E-state index in [4.69, 9.17) is 0 Å². The van der Waals surface area contributed by atoms with Gasteiger partial charge in [-0.05, 0) is 18.9 Å². The van der Waals surface area contributed by atoms with Gasteiger partial charge < -0.3 is 10.6 Å². The van der Waals surface area contributed by atoms with Gasteiger partial charge in [-0.25, -0.2) is 9.98 Å². The van der Waals surface area contributed by atoms with Crippen LogP contribution in [0, 0.1) is 5.92 Å². The summed E-state index contributed by atoms with van der Waals surface area (Å²) in [7, 11) is 0. The molecule has 8 heteroatoms. The third-order valence-electron chi connectivity index (χ3n) is 3.98. The molecule has 2 N–H and O–H groups in total. The molecule has 1 aromatic rings. The summed E-state index contributed by atoms with van der Waals surface area (Å²) in [4.78, 5) is 43.4. The van der Waals surface area contributed by atoms with Crippen LogP contribution >= 0.6 is 11.3 Å². The molecule has 3 rings (SSSR count). The average molecular weight is 346 g/mol. The summed E-state index contributed by atoms with van der Waals surface area (Å²) in [5.74, 6) is -1.94. The number of carbonyl (C=O) groups is 3. The molecule has 0 bridgehead atoms. The molecule has 1 fully saturated rings. The van der Waals surface area contributed by atoms with Crippen molar-refractivity contribution in [2.24, 2.45) is 10.9 Å². The molecule has 1 unspecified atom stereocenters. The number of allylic oxidation sites excluding steroid dienone is 1. The monoisotopic (exact) mass is 346 g/mol. The van der Waals surface area contributed by atoms with Crippen molar-refractivity contribution in [1.29, 1.82) is 0 Å². The largest absolute Gasteiger partial charge is 0.353 e. The lowest BCUT2D eigenvalue weighted by atomic mass is 10.1. The number of hydrogen-bond acceptors (Lipinski definition) is 5. The van der Waals surface area contributed by atoms with E-state index in [-0.39, 0.29) is 18.4 Å². The van der Waals surface area contributed by atoms with Crippen LogP contribution in [0.1, 0.15) is 31.4 Å². The van der Waals surface area contributed by atoms with Crippen LogP contribution in [-0.4, -0.2) is 35.0 Å². The SMILES string of the molecule is O=C(Cc1csc(NC(=O)C2C=CC=NC2=O)n1)NC1CCCC1. The number of aliphatic imine (C=N–C) groups is 1. The zero-order chi connectivity index (χ0) is 16.9. The minimum atomic E-state index is -0.923. The number of nitrogens with zero attached hydrogens (tertiary/aromatic N) is 2. The van der Waals surface area contributed by atoms with Crippen molar-refractivity contribution in [3.63, 3.8) is 0 Å². The van der Waals surface area contributed by atoms with E-state index in [9.17, 15) is 14.4 Å². The van der Waals surface area contributed by atoms with Gasteiger partial charge in [-0.1, -0.05) is 18.9 Å². The van der Waals surface area contributed by atoms with Crippen LogP contribution in [0.5, 0.6) is 0 Å². The molecule has 0 aromatic carbocycles. The zero-order valence-corrected chi connectivity index (χ0v) is 13.8. The lowest BCUT2D eigenvalue weighted by Crippen LogP contribution is -2.33. The Labute approximate surface area is 143 Å². The molecule has 1 saturated carbocycles. The van der Waals surface area contributed by atoms with Gasteiger partial charge in [0.1, 0.15) is 5.92 Å². The average Bonchev–Trinajstić information content (AvgIpc) is 3.20. The number of thiazole rings is 1. The smallest absolute Gasteiger partial charge is 0.262 e. The second kappa shape index (κ2) is 7.48. The Bertz CT molecular complexity index is 704. The van der Waals surface area contributed by atoms with Crippen molar-refractivity contribution in [2.75, 3.05) is 5.32 Å². The van der Waals surface area contributed by atoms with Crippen molar-refractivity contribution in [3.05, 3.63) is 23.2 Å². The van der Waals surface area contributed by atoms with E-state index < -0.39 is 17.7 Å². The first-order chi connectivity index (χ1) is 11.6. The topological polar surface area (TPSA) is 101 Å². The first-order valence-electron chi connectivity index (χ1n) is 7.91. The summed E-state index contributed by atoms with van der Waals surface area (Å²) < 4.78 is 0. The Morgan fingerprint density at radius 3 is 2.83 bits per heavy atom. The molecule has 0 spiro atoms. The highest BCUT2D eigenvalue weighted by atomic mass is 32.1. The van der Waals surface area contributed by atoms with Crippen LogP contribution in [0.15, 0.2) is 22.5 Å². The van der Waals surface area contributed by atoms with Crippen molar-refractivity contribution in [1.82, 2.24) is 10.3 Å². The van der Waals surface area contributed by atoms with Gasteiger partial charge in [-0.3, -0.25) is 14.4 Å². The first-order valence-corrected chi connectivity index (χ1v) is 8.79. The van der Waals surface area contributed by atoms with Crippen molar-refractivity contribution < 1.29 is 14.4 Å². The number of aromatic nitrogens is 1. The molecule has 1 aliphatic heterocycles. The molecule has 126 valence electrons. The van der Waals surface area contributed by atoms with Gasteiger partial charge in [-0.2, -0.15) is 0 Å². The van der Waals surface area contributed by atoms with Gasteiger partial charge in [0.05, 0.1) is 12.1 Å². The van der Waals surface area contributed by atoms with E-state index >= 15 is 0 Å². The maximum atomic E-state index is 12.1. The van der Waals surface area contributed by atoms with E-state index in [1.54, 1.807) is 11.5 Å². The van der Waals surface area contributed by atoms with Gasteiger partial charge in [0.15, 0.2) is 5.13 Å². The Hall–Kier alpha value is -2.35. The summed E-state index contributed by atoms with van der Waals surface area (Å²) in [6.07, 6.45) is 9.00. The molecule has 24 heavy (non-hydrogen) atoms. The zero-order valence-electron chi connectivity index (χ0n) is 13.0. The summed E-state index contributed by atoms with van der Waals surface area (Å²) in [6, 6.07) is 0.278. The lowest BCUT2D eigenvalue weighted by molar-refractivity contribution is -0.128. The van der Waals surface area contributed by atoms with Gasteiger partial charge in [-0.15, -0.1) is 11.3 Å². The van der Waals surface area contributed by atoms with Gasteiger partial charge in [0.2, 0.25) is 11.8 Å². The second-order valence-corrected chi connectivity index (χ2v) is 6.70. The maximum Gasteiger partial charge on any atom is 0.262 e. The molecule has 7 nitrogen and oxygen atoms in total. The maximum absolute atomic E-state index is 12.1. The number of nitrogens with one attached hydrogen (secondary N) is 2. The minimum Gasteiger partial charge on any atom is -0.353 e. The third-order valence-corrected chi connectivity index (χ3v) is 4.79. The Balaban J connectivity index is 1.52. The highest BCUT2D eigenvalue weighted by Crippen LogP contribution is 2.20. The van der Waals surface area contributed by atoms with E-state index in [0.29, 0.717) is 10.8 Å². The molecule has 1 aliphatic carbocycles. The fourth-order valence-corrected chi connectivity index (χ4v) is 3.49. The molecule has 0 radical (unpaired) electrons. The summed E-state index contributed by atoms with van der Waals surface area (Å²) >= 11 is 1.23. The van der Waals surface area contributed by atoms with Gasteiger partial charge in [0, 0.05) is 17.6 Å². The number of dihydropyridines is 1. The molecule has 3 amide bonds. The van der Waals surface area contributed by atoms with Crippen LogP contribution in [0.2, 0.25) is 0 Å². The fourth-order valence-electron chi connectivity index (χ4n) is 2.78. The number of carbonyl (C=O) groups excluding carboxylic acids is 3. The molecule has 1 atom stereocenters. The van der Waals surface area contributed by atoms with E-state index in [1.165, 1.54) is 23.6 Å². The molecular formula is C16H18N4O3S. The van der Waals surface area contributed by atoms with Crippen molar-refractivity contribution >= 4 is 40.4 Å². The quantitative estimate of drug-likeness (QED) is 0.788. The minimum absolute atomic E-state index is 0.0511. The van der Waals surface area contributed by atoms with Crippen LogP contribution in [0.3, 0.4) is 0 Å². The van der Waals surface area contributed by atoms with Crippen LogP contribution in [0.4, 0.5) is 5.13 Å². The number of hydrogen-bond donors (Lipinski definition) is 2. The summed E-state index contributed by atoms with van der Waals surface area (Å²) in [5.41, 5.74) is 0.606. The summed E-state index contributed by atoms with van der Waals surface area (Å²) in [5, 5.41) is 7.71. The fraction of sp³-hybridized carbons (Fsp3) is 0.438. The van der Waals surface area contributed by atoms with E-state index in [1.807, 2.05) is 0 Å². The second-order valence-electron chi connectivity index (χ2n) is 5.84. The number of anilines is 1. The standard InChI is InChI=1S/C16H18N4O3S/c21-13(18-10-4-1-2-5-10)8-11-9-24-16(19-11)20-15(23)12-6-3-7-17-14(12)22/h3,6-7,9-10,12H,1-2,4-5,8H2,(H,18,21)(H,19,20,23). The highest BCUT2D eigenvalue weighted by Gasteiger charge is 2.25. The predicted molar refractivity (Wildman–Crippen MR) is 91.0 cm³/mol. The normalized spacial score (nSPS) is 20.3. The van der Waals surface area contributed by atoms with E-state index in [2.05, 4.69) is 20.6 Å². The van der Waals surface area contributed by atoms with Gasteiger partial charge in [0.25, 0.3) is 5.91 Å². The molecular weight excluding hydrogens is 328 g/mol. The molecule has 0 saturated heterocycles. The molecule has 2 heterocycles. The molecule has 1 aromatic heterocycles.